The fourth-order valence-electron chi connectivity index (χ4n) is 9.58. The van der Waals surface area contributed by atoms with Gasteiger partial charge in [0.1, 0.15) is 0 Å². The van der Waals surface area contributed by atoms with Crippen LogP contribution in [0.5, 0.6) is 0 Å². The highest BCUT2D eigenvalue weighted by Gasteiger charge is 2.67. The van der Waals surface area contributed by atoms with Crippen LogP contribution in [0, 0.1) is 16.0 Å². The van der Waals surface area contributed by atoms with Crippen molar-refractivity contribution >= 4 is 53.7 Å². The molecular weight excluding hydrogens is 756 g/mol. The molecule has 0 bridgehead atoms. The smallest absolute Gasteiger partial charge is 0.269 e. The van der Waals surface area contributed by atoms with E-state index in [0.717, 1.165) is 27.6 Å². The number of fused-ring (bicyclic) bond motifs is 2. The van der Waals surface area contributed by atoms with Crippen LogP contribution in [0.15, 0.2) is 115 Å². The fourth-order valence-corrected chi connectivity index (χ4v) is 12.1. The predicted octanol–water partition coefficient (Wildman–Crippen LogP) is 8.17. The molecule has 0 radical (unpaired) electrons. The van der Waals surface area contributed by atoms with Crippen LogP contribution in [0.1, 0.15) is 52.0 Å². The van der Waals surface area contributed by atoms with Gasteiger partial charge in [-0.2, -0.15) is 0 Å². The normalized spacial score (nSPS) is 21.7. The van der Waals surface area contributed by atoms with E-state index in [1.807, 2.05) is 97.9 Å². The van der Waals surface area contributed by atoms with E-state index in [-0.39, 0.29) is 30.7 Å². The fraction of sp³-hybridized carbons (Fsp3) is 0.273. The van der Waals surface area contributed by atoms with Gasteiger partial charge in [0.05, 0.1) is 52.7 Å². The van der Waals surface area contributed by atoms with Crippen molar-refractivity contribution < 1.29 is 28.5 Å². The molecule has 14 heteroatoms. The second kappa shape index (κ2) is 14.1. The highest BCUT2D eigenvalue weighted by Crippen LogP contribution is 2.61. The van der Waals surface area contributed by atoms with Crippen LogP contribution in [0.3, 0.4) is 0 Å². The summed E-state index contributed by atoms with van der Waals surface area (Å²) in [6, 6.07) is 32.8. The second-order valence-electron chi connectivity index (χ2n) is 15.9. The summed E-state index contributed by atoms with van der Waals surface area (Å²) in [6.07, 6.45) is 1.36. The van der Waals surface area contributed by atoms with Crippen molar-refractivity contribution in [3.05, 3.63) is 153 Å². The maximum atomic E-state index is 16.5. The van der Waals surface area contributed by atoms with Crippen LogP contribution < -0.4 is 9.80 Å². The summed E-state index contributed by atoms with van der Waals surface area (Å²) in [5.41, 5.74) is 2.71. The largest absolute Gasteiger partial charge is 0.395 e. The van der Waals surface area contributed by atoms with E-state index < -0.39 is 42.4 Å². The molecule has 1 N–H and O–H groups in total. The molecule has 2 amide bonds. The van der Waals surface area contributed by atoms with Crippen LogP contribution in [0.2, 0.25) is 18.6 Å². The molecule has 0 saturated carbocycles. The summed E-state index contributed by atoms with van der Waals surface area (Å²) in [6.45, 7) is 5.31. The van der Waals surface area contributed by atoms with Gasteiger partial charge in [-0.1, -0.05) is 78.9 Å². The summed E-state index contributed by atoms with van der Waals surface area (Å²) < 4.78 is 25.0. The molecule has 4 heterocycles. The lowest BCUT2D eigenvalue weighted by Crippen LogP contribution is -2.45. The van der Waals surface area contributed by atoms with Crippen molar-refractivity contribution in [3.8, 4) is 0 Å². The zero-order valence-electron chi connectivity index (χ0n) is 32.2. The zero-order chi connectivity index (χ0) is 40.5. The average Bonchev–Trinajstić information content (AvgIpc) is 3.94. The first-order chi connectivity index (χ1) is 27.9. The van der Waals surface area contributed by atoms with E-state index in [4.69, 9.17) is 4.74 Å². The monoisotopic (exact) mass is 796 g/mol. The number of aliphatic hydroxyl groups excluding tert-OH is 1. The van der Waals surface area contributed by atoms with Crippen LogP contribution in [0.25, 0.3) is 10.8 Å². The first kappa shape index (κ1) is 37.5. The number of nitro benzene ring substituents is 1. The van der Waals surface area contributed by atoms with E-state index >= 15 is 4.11 Å². The average molecular weight is 797 g/mol. The molecule has 9 rings (SSSR count). The maximum Gasteiger partial charge on any atom is 0.269 e. The lowest BCUT2D eigenvalue weighted by Gasteiger charge is -2.31. The van der Waals surface area contributed by atoms with Gasteiger partial charge in [-0.25, -0.2) is 0 Å². The van der Waals surface area contributed by atoms with E-state index in [9.17, 15) is 24.8 Å². The minimum absolute atomic E-state index is 0.117. The van der Waals surface area contributed by atoms with Gasteiger partial charge in [0.25, 0.3) is 17.5 Å². The summed E-state index contributed by atoms with van der Waals surface area (Å²) in [4.78, 5) is 43.4. The molecule has 6 aromatic rings. The number of aryl methyl sites for hydroxylation is 1. The van der Waals surface area contributed by atoms with Gasteiger partial charge >= 0.3 is 0 Å². The summed E-state index contributed by atoms with van der Waals surface area (Å²) in [7, 11) is -3.53. The number of aromatic nitrogens is 3. The number of hydrogen-bond acceptors (Lipinski definition) is 8. The number of ether oxygens (including phenoxy) is 1. The molecule has 58 heavy (non-hydrogen) atoms. The lowest BCUT2D eigenvalue weighted by molar-refractivity contribution is -0.385. The molecular formula is C44H41FN6O6Si. The van der Waals surface area contributed by atoms with Crippen LogP contribution in [-0.4, -0.2) is 58.0 Å². The number of hydrogen-bond donors (Lipinski definition) is 1. The van der Waals surface area contributed by atoms with Crippen molar-refractivity contribution in [1.29, 1.82) is 0 Å². The number of halogens is 1. The van der Waals surface area contributed by atoms with Gasteiger partial charge in [0.2, 0.25) is 8.41 Å². The SMILES string of the molecule is C[C@H]1[C@H]([Si](C)(C)F)[C@@H](CCn2cc(C(CO)c3ccccc3)nn2)O[C@]12C(=O)N(Cc1ccc(N3C(=O)c4cccc5cccc3c45)cc1)c1ccc([N+](=O)[O-])cc12. The van der Waals surface area contributed by atoms with Gasteiger partial charge in [-0.3, -0.25) is 29.3 Å². The van der Waals surface area contributed by atoms with Crippen molar-refractivity contribution in [1.82, 2.24) is 15.0 Å². The Balaban J connectivity index is 1.01. The van der Waals surface area contributed by atoms with E-state index in [2.05, 4.69) is 10.3 Å². The summed E-state index contributed by atoms with van der Waals surface area (Å²) >= 11 is 0. The number of amides is 2. The molecule has 3 aliphatic rings. The molecule has 294 valence electrons. The van der Waals surface area contributed by atoms with Crippen molar-refractivity contribution in [2.75, 3.05) is 16.4 Å². The Morgan fingerprint density at radius 1 is 0.966 bits per heavy atom. The van der Waals surface area contributed by atoms with Gasteiger partial charge in [0.15, 0.2) is 5.60 Å². The molecule has 1 fully saturated rings. The predicted molar refractivity (Wildman–Crippen MR) is 219 cm³/mol. The van der Waals surface area contributed by atoms with Gasteiger partial charge in [0, 0.05) is 53.0 Å². The number of carbonyl (C=O) groups excluding carboxylic acids is 2. The molecule has 1 aromatic heterocycles. The molecule has 0 aliphatic carbocycles. The molecule has 12 nitrogen and oxygen atoms in total. The number of aliphatic hydroxyl groups is 1. The minimum atomic E-state index is -3.53. The number of nitro groups is 1. The number of benzene rings is 5. The van der Waals surface area contributed by atoms with Crippen LogP contribution in [0.4, 0.5) is 26.9 Å². The summed E-state index contributed by atoms with van der Waals surface area (Å²) in [5, 5.41) is 32.8. The number of carbonyl (C=O) groups is 2. The van der Waals surface area contributed by atoms with Crippen molar-refractivity contribution in [2.24, 2.45) is 5.92 Å². The van der Waals surface area contributed by atoms with E-state index in [1.54, 1.807) is 39.8 Å². The molecule has 1 unspecified atom stereocenters. The number of non-ortho nitro benzene ring substituents is 1. The Hall–Kier alpha value is -6.09. The van der Waals surface area contributed by atoms with Gasteiger partial charge < -0.3 is 18.9 Å². The van der Waals surface area contributed by atoms with Gasteiger partial charge in [-0.05, 0) is 66.4 Å². The van der Waals surface area contributed by atoms with Crippen molar-refractivity contribution in [3.63, 3.8) is 0 Å². The van der Waals surface area contributed by atoms with Crippen molar-refractivity contribution in [2.45, 2.75) is 62.7 Å². The first-order valence-electron chi connectivity index (χ1n) is 19.4. The Labute approximate surface area is 334 Å². The Morgan fingerprint density at radius 2 is 1.71 bits per heavy atom. The zero-order valence-corrected chi connectivity index (χ0v) is 33.2. The minimum Gasteiger partial charge on any atom is -0.395 e. The Bertz CT molecular complexity index is 2590. The highest BCUT2D eigenvalue weighted by atomic mass is 28.4. The van der Waals surface area contributed by atoms with E-state index in [0.29, 0.717) is 41.2 Å². The van der Waals surface area contributed by atoms with E-state index in [1.165, 1.54) is 12.1 Å². The molecule has 5 atom stereocenters. The van der Waals surface area contributed by atoms with Crippen LogP contribution >= 0.6 is 0 Å². The van der Waals surface area contributed by atoms with Gasteiger partial charge in [-0.15, -0.1) is 5.10 Å². The summed E-state index contributed by atoms with van der Waals surface area (Å²) in [5.74, 6) is -1.54. The molecule has 1 saturated heterocycles. The first-order valence-corrected chi connectivity index (χ1v) is 22.3. The second-order valence-corrected chi connectivity index (χ2v) is 19.7. The third kappa shape index (κ3) is 5.93. The molecule has 5 aromatic carbocycles. The number of nitrogens with zero attached hydrogens (tertiary/aromatic N) is 6. The third-order valence-corrected chi connectivity index (χ3v) is 14.6. The maximum absolute atomic E-state index is 16.5. The standard InChI is InChI=1S/C44H41FN6O6Si/c1-27-41(58(2,3)45)39(21-22-48-25-36(46-47-48)34(26-52)29-9-5-4-6-10-29)57-44(27)35-23-32(51(55)56)19-20-37(35)49(43(44)54)24-28-15-17-31(18-16-28)50-38-14-8-12-30-11-7-13-33(40(30)38)42(50)53/h4-20,23,25,27,34,39,41,52H,21-22,24,26H2,1-3H3/t27-,34?,39+,41-,44+/m0/s1. The lowest BCUT2D eigenvalue weighted by atomic mass is 9.82. The number of rotatable bonds is 11. The molecule has 3 aliphatic heterocycles. The highest BCUT2D eigenvalue weighted by molar-refractivity contribution is 6.72. The molecule has 1 spiro atoms. The number of anilines is 3. The topological polar surface area (TPSA) is 144 Å². The Kier molecular flexibility index (Phi) is 9.10. The van der Waals surface area contributed by atoms with Crippen LogP contribution in [-0.2, 0) is 28.2 Å². The quantitative estimate of drug-likeness (QED) is 0.0599. The third-order valence-electron chi connectivity index (χ3n) is 12.2. The Morgan fingerprint density at radius 3 is 2.41 bits per heavy atom.